The highest BCUT2D eigenvalue weighted by Gasteiger charge is 2.27. The van der Waals surface area contributed by atoms with Gasteiger partial charge in [0.2, 0.25) is 0 Å². The predicted molar refractivity (Wildman–Crippen MR) is 93.4 cm³/mol. The van der Waals surface area contributed by atoms with Crippen LogP contribution in [0.25, 0.3) is 0 Å². The van der Waals surface area contributed by atoms with Crippen molar-refractivity contribution in [2.75, 3.05) is 27.3 Å². The zero-order valence-corrected chi connectivity index (χ0v) is 13.9. The van der Waals surface area contributed by atoms with E-state index in [1.165, 1.54) is 24.0 Å². The lowest BCUT2D eigenvalue weighted by atomic mass is 9.76. The van der Waals surface area contributed by atoms with Crippen LogP contribution in [-0.2, 0) is 0 Å². The Morgan fingerprint density at radius 1 is 0.870 bits per heavy atom. The molecule has 0 saturated carbocycles. The predicted octanol–water partition coefficient (Wildman–Crippen LogP) is 3.84. The van der Waals surface area contributed by atoms with Gasteiger partial charge in [-0.05, 0) is 55.1 Å². The van der Waals surface area contributed by atoms with Gasteiger partial charge in [-0.3, -0.25) is 0 Å². The first-order chi connectivity index (χ1) is 11.3. The van der Waals surface area contributed by atoms with E-state index in [2.05, 4.69) is 47.8 Å². The van der Waals surface area contributed by atoms with E-state index in [-0.39, 0.29) is 0 Å². The van der Waals surface area contributed by atoms with Gasteiger partial charge in [-0.2, -0.15) is 0 Å². The summed E-state index contributed by atoms with van der Waals surface area (Å²) >= 11 is 0. The SMILES string of the molecule is COc1ccc([C@@H](c2ccccc2)C2CCNCC2)cc1OC. The molecule has 122 valence electrons. The Kier molecular flexibility index (Phi) is 5.19. The first kappa shape index (κ1) is 15.9. The molecule has 3 rings (SSSR count). The summed E-state index contributed by atoms with van der Waals surface area (Å²) in [6.45, 7) is 2.20. The number of piperidine rings is 1. The quantitative estimate of drug-likeness (QED) is 0.910. The van der Waals surface area contributed by atoms with Gasteiger partial charge in [-0.1, -0.05) is 36.4 Å². The van der Waals surface area contributed by atoms with Gasteiger partial charge in [-0.25, -0.2) is 0 Å². The molecule has 23 heavy (non-hydrogen) atoms. The summed E-state index contributed by atoms with van der Waals surface area (Å²) in [5, 5.41) is 3.47. The molecule has 1 heterocycles. The molecule has 0 aliphatic carbocycles. The summed E-state index contributed by atoms with van der Waals surface area (Å²) in [4.78, 5) is 0. The molecule has 1 N–H and O–H groups in total. The van der Waals surface area contributed by atoms with E-state index in [1.54, 1.807) is 14.2 Å². The molecule has 0 aromatic heterocycles. The van der Waals surface area contributed by atoms with Gasteiger partial charge in [0, 0.05) is 5.92 Å². The fourth-order valence-corrected chi connectivity index (χ4v) is 3.62. The van der Waals surface area contributed by atoms with Crippen LogP contribution in [0.2, 0.25) is 0 Å². The van der Waals surface area contributed by atoms with E-state index in [0.29, 0.717) is 11.8 Å². The third-order valence-corrected chi connectivity index (χ3v) is 4.78. The molecule has 3 nitrogen and oxygen atoms in total. The molecule has 0 amide bonds. The molecule has 1 saturated heterocycles. The standard InChI is InChI=1S/C20H25NO2/c1-22-18-9-8-17(14-19(18)23-2)20(15-6-4-3-5-7-15)16-10-12-21-13-11-16/h3-9,14,16,20-21H,10-13H2,1-2H3/t20-/m0/s1. The second kappa shape index (κ2) is 7.51. The molecule has 3 heteroatoms. The van der Waals surface area contributed by atoms with E-state index in [9.17, 15) is 0 Å². The maximum Gasteiger partial charge on any atom is 0.161 e. The smallest absolute Gasteiger partial charge is 0.161 e. The average Bonchev–Trinajstić information content (AvgIpc) is 2.63. The molecule has 0 spiro atoms. The Bertz CT molecular complexity index is 621. The van der Waals surface area contributed by atoms with Crippen LogP contribution >= 0.6 is 0 Å². The van der Waals surface area contributed by atoms with E-state index in [0.717, 1.165) is 24.6 Å². The summed E-state index contributed by atoms with van der Waals surface area (Å²) < 4.78 is 10.9. The second-order valence-corrected chi connectivity index (χ2v) is 6.09. The molecule has 2 aromatic rings. The lowest BCUT2D eigenvalue weighted by Crippen LogP contribution is -2.31. The van der Waals surface area contributed by atoms with Crippen LogP contribution in [0.15, 0.2) is 48.5 Å². The Balaban J connectivity index is 2.01. The monoisotopic (exact) mass is 311 g/mol. The van der Waals surface area contributed by atoms with E-state index in [4.69, 9.17) is 9.47 Å². The fourth-order valence-electron chi connectivity index (χ4n) is 3.62. The number of benzene rings is 2. The molecule has 0 radical (unpaired) electrons. The van der Waals surface area contributed by atoms with Gasteiger partial charge < -0.3 is 14.8 Å². The first-order valence-corrected chi connectivity index (χ1v) is 8.31. The third-order valence-electron chi connectivity index (χ3n) is 4.78. The first-order valence-electron chi connectivity index (χ1n) is 8.31. The maximum absolute atomic E-state index is 5.51. The van der Waals surface area contributed by atoms with Crippen molar-refractivity contribution in [2.24, 2.45) is 5.92 Å². The molecule has 1 atom stereocenters. The second-order valence-electron chi connectivity index (χ2n) is 6.09. The Morgan fingerprint density at radius 2 is 1.57 bits per heavy atom. The van der Waals surface area contributed by atoms with Crippen LogP contribution in [0.5, 0.6) is 11.5 Å². The summed E-state index contributed by atoms with van der Waals surface area (Å²) in [5.74, 6) is 2.64. The number of methoxy groups -OCH3 is 2. The van der Waals surface area contributed by atoms with Crippen molar-refractivity contribution < 1.29 is 9.47 Å². The Morgan fingerprint density at radius 3 is 2.22 bits per heavy atom. The molecular formula is C20H25NO2. The number of nitrogens with one attached hydrogen (secondary N) is 1. The Labute approximate surface area is 138 Å². The molecule has 2 aromatic carbocycles. The zero-order valence-electron chi connectivity index (χ0n) is 13.9. The van der Waals surface area contributed by atoms with Gasteiger partial charge in [0.1, 0.15) is 0 Å². The maximum atomic E-state index is 5.51. The normalized spacial score (nSPS) is 16.8. The van der Waals surface area contributed by atoms with Crippen molar-refractivity contribution in [1.82, 2.24) is 5.32 Å². The average molecular weight is 311 g/mol. The van der Waals surface area contributed by atoms with Crippen molar-refractivity contribution in [3.05, 3.63) is 59.7 Å². The number of hydrogen-bond acceptors (Lipinski definition) is 3. The van der Waals surface area contributed by atoms with Crippen LogP contribution in [0.1, 0.15) is 29.9 Å². The highest BCUT2D eigenvalue weighted by atomic mass is 16.5. The van der Waals surface area contributed by atoms with Crippen molar-refractivity contribution in [3.8, 4) is 11.5 Å². The van der Waals surface area contributed by atoms with Crippen molar-refractivity contribution in [2.45, 2.75) is 18.8 Å². The van der Waals surface area contributed by atoms with E-state index < -0.39 is 0 Å². The largest absolute Gasteiger partial charge is 0.493 e. The summed E-state index contributed by atoms with van der Waals surface area (Å²) in [6.07, 6.45) is 2.40. The van der Waals surface area contributed by atoms with Gasteiger partial charge in [0.15, 0.2) is 11.5 Å². The van der Waals surface area contributed by atoms with Gasteiger partial charge >= 0.3 is 0 Å². The summed E-state index contributed by atoms with van der Waals surface area (Å²) in [6, 6.07) is 17.2. The number of ether oxygens (including phenoxy) is 2. The van der Waals surface area contributed by atoms with Crippen molar-refractivity contribution in [1.29, 1.82) is 0 Å². The molecule has 1 fully saturated rings. The summed E-state index contributed by atoms with van der Waals surface area (Å²) in [7, 11) is 3.38. The van der Waals surface area contributed by atoms with E-state index >= 15 is 0 Å². The highest BCUT2D eigenvalue weighted by molar-refractivity contribution is 5.46. The number of hydrogen-bond donors (Lipinski definition) is 1. The summed E-state index contributed by atoms with van der Waals surface area (Å²) in [5.41, 5.74) is 2.69. The van der Waals surface area contributed by atoms with Crippen molar-refractivity contribution >= 4 is 0 Å². The van der Waals surface area contributed by atoms with Crippen LogP contribution in [0.4, 0.5) is 0 Å². The third kappa shape index (κ3) is 3.50. The van der Waals surface area contributed by atoms with Crippen LogP contribution in [0.3, 0.4) is 0 Å². The molecular weight excluding hydrogens is 286 g/mol. The van der Waals surface area contributed by atoms with Gasteiger partial charge in [-0.15, -0.1) is 0 Å². The topological polar surface area (TPSA) is 30.5 Å². The highest BCUT2D eigenvalue weighted by Crippen LogP contribution is 2.40. The molecule has 0 bridgehead atoms. The molecule has 1 aliphatic rings. The number of rotatable bonds is 5. The fraction of sp³-hybridized carbons (Fsp3) is 0.400. The zero-order chi connectivity index (χ0) is 16.1. The van der Waals surface area contributed by atoms with Crippen LogP contribution < -0.4 is 14.8 Å². The lowest BCUT2D eigenvalue weighted by molar-refractivity contribution is 0.337. The minimum Gasteiger partial charge on any atom is -0.493 e. The van der Waals surface area contributed by atoms with Gasteiger partial charge in [0.05, 0.1) is 14.2 Å². The molecule has 0 unspecified atom stereocenters. The van der Waals surface area contributed by atoms with Crippen LogP contribution in [0, 0.1) is 5.92 Å². The van der Waals surface area contributed by atoms with E-state index in [1.807, 2.05) is 6.07 Å². The minimum absolute atomic E-state index is 0.401. The molecule has 1 aliphatic heterocycles. The van der Waals surface area contributed by atoms with Crippen molar-refractivity contribution in [3.63, 3.8) is 0 Å². The van der Waals surface area contributed by atoms with Gasteiger partial charge in [0.25, 0.3) is 0 Å². The van der Waals surface area contributed by atoms with Crippen LogP contribution in [-0.4, -0.2) is 27.3 Å². The lowest BCUT2D eigenvalue weighted by Gasteiger charge is -2.32. The Hall–Kier alpha value is -2.00. The minimum atomic E-state index is 0.401.